The third-order valence-corrected chi connectivity index (χ3v) is 10.1. The van der Waals surface area contributed by atoms with Gasteiger partial charge in [0.2, 0.25) is 0 Å². The van der Waals surface area contributed by atoms with Crippen LogP contribution in [0.4, 0.5) is 23.4 Å². The fourth-order valence-corrected chi connectivity index (χ4v) is 6.90. The molecule has 3 aliphatic rings. The first kappa shape index (κ1) is 40.9. The van der Waals surface area contributed by atoms with Gasteiger partial charge in [-0.25, -0.2) is 9.07 Å². The zero-order chi connectivity index (χ0) is 40.7. The molecule has 2 atom stereocenters. The molecule has 2 fully saturated rings. The summed E-state index contributed by atoms with van der Waals surface area (Å²) in [4.78, 5) is 46.3. The van der Waals surface area contributed by atoms with Gasteiger partial charge in [0, 0.05) is 44.7 Å². The van der Waals surface area contributed by atoms with Crippen LogP contribution in [0.3, 0.4) is 0 Å². The van der Waals surface area contributed by atoms with E-state index in [2.05, 4.69) is 23.3 Å². The molecule has 0 spiro atoms. The molecule has 16 heteroatoms. The topological polar surface area (TPSA) is 133 Å². The number of hydrogen-bond donors (Lipinski definition) is 1. The summed E-state index contributed by atoms with van der Waals surface area (Å²) in [5.74, 6) is -1.14. The molecule has 1 N–H and O–H groups in total. The van der Waals surface area contributed by atoms with Gasteiger partial charge < -0.3 is 19.7 Å². The second-order valence-corrected chi connectivity index (χ2v) is 13.9. The van der Waals surface area contributed by atoms with Gasteiger partial charge in [-0.2, -0.15) is 23.5 Å². The number of nitrogens with one attached hydrogen (secondary N) is 1. The summed E-state index contributed by atoms with van der Waals surface area (Å²) < 4.78 is 64.8. The predicted octanol–water partition coefficient (Wildman–Crippen LogP) is 5.90. The van der Waals surface area contributed by atoms with E-state index in [0.717, 1.165) is 44.4 Å². The van der Waals surface area contributed by atoms with Crippen molar-refractivity contribution in [2.45, 2.75) is 56.9 Å². The summed E-state index contributed by atoms with van der Waals surface area (Å²) in [7, 11) is 2.05. The Morgan fingerprint density at radius 2 is 1.84 bits per heavy atom. The summed E-state index contributed by atoms with van der Waals surface area (Å²) in [5.41, 5.74) is -0.323. The van der Waals surface area contributed by atoms with E-state index in [4.69, 9.17) is 14.6 Å². The molecule has 0 saturated carbocycles. The van der Waals surface area contributed by atoms with Crippen LogP contribution in [0.5, 0.6) is 5.75 Å². The lowest BCUT2D eigenvalue weighted by atomic mass is 9.98. The van der Waals surface area contributed by atoms with E-state index in [1.807, 2.05) is 0 Å². The van der Waals surface area contributed by atoms with Crippen molar-refractivity contribution in [1.29, 1.82) is 5.26 Å². The number of hydrogen-bond acceptors (Lipinski definition) is 8. The number of halogens is 4. The first-order chi connectivity index (χ1) is 27.4. The van der Waals surface area contributed by atoms with Crippen LogP contribution < -0.4 is 15.0 Å². The minimum absolute atomic E-state index is 0. The average Bonchev–Trinajstić information content (AvgIpc) is 3.82. The van der Waals surface area contributed by atoms with E-state index in [1.165, 1.54) is 32.7 Å². The van der Waals surface area contributed by atoms with E-state index in [-0.39, 0.29) is 31.5 Å². The van der Waals surface area contributed by atoms with Gasteiger partial charge in [-0.15, -0.1) is 0 Å². The van der Waals surface area contributed by atoms with Crippen LogP contribution in [0.1, 0.15) is 59.6 Å². The number of ether oxygens (including phenoxy) is 2. The molecule has 7 rings (SSSR count). The second-order valence-electron chi connectivity index (χ2n) is 13.9. The molecule has 57 heavy (non-hydrogen) atoms. The van der Waals surface area contributed by atoms with Crippen LogP contribution in [0, 0.1) is 17.1 Å². The highest BCUT2D eigenvalue weighted by molar-refractivity contribution is 6.06. The molecule has 302 valence electrons. The standard InChI is InChI=1S/C35H38F3N7O5.C6H5F.H2/c1-3-43-32-28(18-29(33(43)47)40-31(46)22-8-4-9-23(16-22)35(36,37)38)30(34(48)44-14-6-11-25(44)19-39)41-45(32)24-10-5-12-27(17-24)50-15-7-13-42(2)26-20-49-21-26;7-6-4-2-1-3-5-6;/h4-5,8-10,12,16-17,25-26,29H,3,6-7,11,13-15,18,20-21H2,1-2H3,(H,40,46);1-5H;1H/t25-,29+;;/m0../s1. The molecular weight excluding hydrogens is 746 g/mol. The van der Waals surface area contributed by atoms with Crippen LogP contribution in [0.15, 0.2) is 78.9 Å². The molecule has 3 amide bonds. The molecule has 0 aliphatic carbocycles. The van der Waals surface area contributed by atoms with Gasteiger partial charge >= 0.3 is 6.18 Å². The lowest BCUT2D eigenvalue weighted by molar-refractivity contribution is -0.137. The van der Waals surface area contributed by atoms with E-state index < -0.39 is 41.5 Å². The molecule has 4 heterocycles. The van der Waals surface area contributed by atoms with E-state index in [9.17, 15) is 37.2 Å². The average molecular weight is 792 g/mol. The largest absolute Gasteiger partial charge is 0.493 e. The smallest absolute Gasteiger partial charge is 0.416 e. The predicted molar refractivity (Wildman–Crippen MR) is 204 cm³/mol. The lowest BCUT2D eigenvalue weighted by Crippen LogP contribution is -2.53. The van der Waals surface area contributed by atoms with Crippen molar-refractivity contribution in [2.75, 3.05) is 51.4 Å². The van der Waals surface area contributed by atoms with Gasteiger partial charge in [-0.05, 0) is 75.7 Å². The Kier molecular flexibility index (Phi) is 12.9. The maximum atomic E-state index is 14.0. The van der Waals surface area contributed by atoms with Gasteiger partial charge in [0.1, 0.15) is 29.5 Å². The number of anilines is 1. The summed E-state index contributed by atoms with van der Waals surface area (Å²) >= 11 is 0. The Hall–Kier alpha value is -5.79. The number of aromatic nitrogens is 2. The molecule has 4 aromatic rings. The SMILES string of the molecule is CCN1C(=O)[C@H](NC(=O)c2cccc(C(F)(F)F)c2)Cc2c(C(=O)N3CCC[C@H]3C#N)nn(-c3cccc(OCCCN(C)C4COC4)c3)c21.Fc1ccccc1.[HH]. The molecule has 3 aliphatic heterocycles. The highest BCUT2D eigenvalue weighted by atomic mass is 19.4. The van der Waals surface area contributed by atoms with Gasteiger partial charge in [0.15, 0.2) is 5.69 Å². The van der Waals surface area contributed by atoms with Gasteiger partial charge in [0.05, 0.1) is 43.2 Å². The zero-order valence-electron chi connectivity index (χ0n) is 31.5. The van der Waals surface area contributed by atoms with E-state index >= 15 is 0 Å². The monoisotopic (exact) mass is 791 g/mol. The Bertz CT molecular complexity index is 2110. The van der Waals surface area contributed by atoms with Crippen LogP contribution in [0.25, 0.3) is 5.69 Å². The molecule has 12 nitrogen and oxygen atoms in total. The number of carbonyl (C=O) groups is 3. The number of carbonyl (C=O) groups excluding carboxylic acids is 3. The Morgan fingerprint density at radius 1 is 1.09 bits per heavy atom. The Labute approximate surface area is 329 Å². The number of nitrogens with zero attached hydrogens (tertiary/aromatic N) is 6. The van der Waals surface area contributed by atoms with Crippen molar-refractivity contribution in [1.82, 2.24) is 24.9 Å². The molecular formula is C41H45F4N7O5. The number of amides is 3. The molecule has 0 unspecified atom stereocenters. The summed E-state index contributed by atoms with van der Waals surface area (Å²) in [6, 6.07) is 19.8. The van der Waals surface area contributed by atoms with Crippen molar-refractivity contribution < 1.29 is 42.8 Å². The highest BCUT2D eigenvalue weighted by Crippen LogP contribution is 2.36. The number of alkyl halides is 3. The minimum Gasteiger partial charge on any atom is -0.493 e. The molecule has 3 aromatic carbocycles. The zero-order valence-corrected chi connectivity index (χ0v) is 31.5. The normalized spacial score (nSPS) is 18.0. The van der Waals surface area contributed by atoms with Crippen LogP contribution in [-0.4, -0.2) is 102 Å². The maximum absolute atomic E-state index is 14.0. The van der Waals surface area contributed by atoms with Crippen LogP contribution >= 0.6 is 0 Å². The van der Waals surface area contributed by atoms with Crippen molar-refractivity contribution in [3.05, 3.63) is 107 Å². The first-order valence-electron chi connectivity index (χ1n) is 18.7. The summed E-state index contributed by atoms with van der Waals surface area (Å²) in [5, 5.41) is 17.0. The summed E-state index contributed by atoms with van der Waals surface area (Å²) in [6.07, 6.45) is -2.85. The number of rotatable bonds is 11. The number of benzene rings is 3. The number of likely N-dealkylation sites (tertiary alicyclic amines) is 1. The van der Waals surface area contributed by atoms with Gasteiger partial charge in [0.25, 0.3) is 17.7 Å². The third kappa shape index (κ3) is 9.44. The fraction of sp³-hybridized carbons (Fsp3) is 0.390. The second kappa shape index (κ2) is 18.0. The quantitative estimate of drug-likeness (QED) is 0.147. The third-order valence-electron chi connectivity index (χ3n) is 10.1. The summed E-state index contributed by atoms with van der Waals surface area (Å²) in [6.45, 7) is 4.99. The number of likely N-dealkylation sites (N-methyl/N-ethyl adjacent to an activating group) is 2. The molecule has 0 bridgehead atoms. The Balaban J connectivity index is 0.000000725. The van der Waals surface area contributed by atoms with Crippen LogP contribution in [0.2, 0.25) is 0 Å². The van der Waals surface area contributed by atoms with Crippen molar-refractivity contribution in [2.24, 2.45) is 0 Å². The van der Waals surface area contributed by atoms with Crippen molar-refractivity contribution in [3.63, 3.8) is 0 Å². The van der Waals surface area contributed by atoms with E-state index in [0.29, 0.717) is 54.9 Å². The molecule has 0 radical (unpaired) electrons. The maximum Gasteiger partial charge on any atom is 0.416 e. The lowest BCUT2D eigenvalue weighted by Gasteiger charge is -2.34. The highest BCUT2D eigenvalue weighted by Gasteiger charge is 2.42. The Morgan fingerprint density at radius 3 is 2.49 bits per heavy atom. The van der Waals surface area contributed by atoms with Crippen LogP contribution in [-0.2, 0) is 22.1 Å². The van der Waals surface area contributed by atoms with Crippen molar-refractivity contribution >= 4 is 23.5 Å². The first-order valence-corrected chi connectivity index (χ1v) is 18.7. The van der Waals surface area contributed by atoms with E-state index in [1.54, 1.807) is 49.4 Å². The van der Waals surface area contributed by atoms with Gasteiger partial charge in [-0.1, -0.05) is 30.3 Å². The van der Waals surface area contributed by atoms with Gasteiger partial charge in [-0.3, -0.25) is 24.2 Å². The minimum atomic E-state index is -4.66. The van der Waals surface area contributed by atoms with Crippen molar-refractivity contribution in [3.8, 4) is 17.5 Å². The number of nitriles is 1. The molecule has 1 aromatic heterocycles. The molecule has 2 saturated heterocycles. The fourth-order valence-electron chi connectivity index (χ4n) is 6.90. The number of fused-ring (bicyclic) bond motifs is 1.